The minimum Gasteiger partial charge on any atom is -0.456 e. The first-order valence-corrected chi connectivity index (χ1v) is 14.2. The normalized spacial score (nSPS) is 16.2. The molecular formula is C37H27N3O. The monoisotopic (exact) mass is 529 g/mol. The Morgan fingerprint density at radius 3 is 2.34 bits per heavy atom. The van der Waals surface area contributed by atoms with E-state index >= 15 is 0 Å². The number of rotatable bonds is 4. The van der Waals surface area contributed by atoms with Crippen LogP contribution in [0.4, 0.5) is 0 Å². The van der Waals surface area contributed by atoms with E-state index in [1.807, 2.05) is 54.6 Å². The van der Waals surface area contributed by atoms with Gasteiger partial charge in [0.25, 0.3) is 0 Å². The number of hydrogen-bond donors (Lipinski definition) is 0. The van der Waals surface area contributed by atoms with E-state index in [1.54, 1.807) is 0 Å². The molecule has 4 aromatic carbocycles. The molecule has 41 heavy (non-hydrogen) atoms. The van der Waals surface area contributed by atoms with Gasteiger partial charge in [-0.2, -0.15) is 0 Å². The van der Waals surface area contributed by atoms with E-state index in [0.717, 1.165) is 57.9 Å². The lowest BCUT2D eigenvalue weighted by Gasteiger charge is -2.19. The predicted octanol–water partition coefficient (Wildman–Crippen LogP) is 9.19. The van der Waals surface area contributed by atoms with Crippen LogP contribution in [0.5, 0.6) is 0 Å². The third-order valence-corrected chi connectivity index (χ3v) is 8.14. The van der Waals surface area contributed by atoms with Crippen molar-refractivity contribution < 1.29 is 4.42 Å². The highest BCUT2D eigenvalue weighted by Gasteiger charge is 2.18. The molecule has 0 N–H and O–H groups in total. The van der Waals surface area contributed by atoms with Crippen LogP contribution in [-0.4, -0.2) is 15.0 Å². The Kier molecular flexibility index (Phi) is 5.70. The van der Waals surface area contributed by atoms with E-state index in [4.69, 9.17) is 19.4 Å². The summed E-state index contributed by atoms with van der Waals surface area (Å²) >= 11 is 0. The van der Waals surface area contributed by atoms with E-state index in [0.29, 0.717) is 23.4 Å². The summed E-state index contributed by atoms with van der Waals surface area (Å²) in [5.41, 5.74) is 8.73. The Hall–Kier alpha value is -5.09. The van der Waals surface area contributed by atoms with Gasteiger partial charge in [-0.3, -0.25) is 0 Å². The number of fused-ring (bicyclic) bond motifs is 4. The van der Waals surface area contributed by atoms with Gasteiger partial charge >= 0.3 is 0 Å². The molecule has 0 bridgehead atoms. The molecule has 0 amide bonds. The first kappa shape index (κ1) is 23.8. The minimum absolute atomic E-state index is 0.338. The van der Waals surface area contributed by atoms with Crippen LogP contribution in [0.2, 0.25) is 0 Å². The summed E-state index contributed by atoms with van der Waals surface area (Å²) in [6.45, 7) is 0. The Morgan fingerprint density at radius 2 is 1.46 bits per heavy atom. The average molecular weight is 530 g/mol. The van der Waals surface area contributed by atoms with Gasteiger partial charge in [-0.1, -0.05) is 103 Å². The molecular weight excluding hydrogens is 502 g/mol. The third-order valence-electron chi connectivity index (χ3n) is 8.14. The topological polar surface area (TPSA) is 51.8 Å². The third kappa shape index (κ3) is 4.38. The zero-order chi connectivity index (χ0) is 27.2. The number of benzene rings is 4. The van der Waals surface area contributed by atoms with Gasteiger partial charge in [0.2, 0.25) is 0 Å². The van der Waals surface area contributed by atoms with Gasteiger partial charge in [0.05, 0.1) is 0 Å². The van der Waals surface area contributed by atoms with Gasteiger partial charge in [0.1, 0.15) is 11.2 Å². The van der Waals surface area contributed by atoms with Crippen molar-refractivity contribution in [3.05, 3.63) is 138 Å². The molecule has 2 heterocycles. The van der Waals surface area contributed by atoms with E-state index in [-0.39, 0.29) is 0 Å². The maximum atomic E-state index is 6.17. The van der Waals surface area contributed by atoms with Crippen LogP contribution < -0.4 is 0 Å². The van der Waals surface area contributed by atoms with E-state index in [2.05, 4.69) is 66.8 Å². The molecule has 1 unspecified atom stereocenters. The van der Waals surface area contributed by atoms with Crippen LogP contribution in [-0.2, 0) is 6.42 Å². The lowest BCUT2D eigenvalue weighted by molar-refractivity contribution is 0.669. The number of aryl methyl sites for hydroxylation is 1. The van der Waals surface area contributed by atoms with Crippen LogP contribution in [0, 0.1) is 0 Å². The Morgan fingerprint density at radius 1 is 0.659 bits per heavy atom. The summed E-state index contributed by atoms with van der Waals surface area (Å²) in [7, 11) is 0. The fraction of sp³-hybridized carbons (Fsp3) is 0.108. The summed E-state index contributed by atoms with van der Waals surface area (Å²) in [6.07, 6.45) is 14.4. The largest absolute Gasteiger partial charge is 0.456 e. The van der Waals surface area contributed by atoms with Gasteiger partial charge in [0.15, 0.2) is 17.5 Å². The molecule has 0 saturated carbocycles. The van der Waals surface area contributed by atoms with Gasteiger partial charge in [-0.25, -0.2) is 15.0 Å². The van der Waals surface area contributed by atoms with Crippen LogP contribution in [0.25, 0.3) is 56.4 Å². The smallest absolute Gasteiger partial charge is 0.164 e. The molecule has 0 radical (unpaired) electrons. The van der Waals surface area contributed by atoms with E-state index in [9.17, 15) is 0 Å². The molecule has 1 atom stereocenters. The molecule has 8 rings (SSSR count). The van der Waals surface area contributed by atoms with Gasteiger partial charge in [-0.15, -0.1) is 0 Å². The molecule has 0 saturated heterocycles. The van der Waals surface area contributed by atoms with E-state index < -0.39 is 0 Å². The maximum absolute atomic E-state index is 6.17. The van der Waals surface area contributed by atoms with Crippen LogP contribution in [0.15, 0.2) is 120 Å². The van der Waals surface area contributed by atoms with Crippen LogP contribution in [0.1, 0.15) is 41.3 Å². The maximum Gasteiger partial charge on any atom is 0.164 e. The summed E-state index contributed by atoms with van der Waals surface area (Å²) in [5, 5.41) is 2.20. The molecule has 0 spiro atoms. The van der Waals surface area contributed by atoms with Crippen molar-refractivity contribution >= 4 is 33.6 Å². The zero-order valence-corrected chi connectivity index (χ0v) is 22.5. The second-order valence-electron chi connectivity index (χ2n) is 10.7. The lowest BCUT2D eigenvalue weighted by Crippen LogP contribution is -2.05. The SMILES string of the molecule is C1=Cc2cc(C3C=CC(c4nc(-c5ccccc5)nc(-c5ccc6c(c5)oc5ccccc56)n4)=CC3)ccc2CC1. The summed E-state index contributed by atoms with van der Waals surface area (Å²) < 4.78 is 6.17. The molecule has 0 aliphatic heterocycles. The molecule has 2 aliphatic carbocycles. The number of para-hydroxylation sites is 1. The van der Waals surface area contributed by atoms with Crippen molar-refractivity contribution in [3.63, 3.8) is 0 Å². The van der Waals surface area contributed by atoms with Crippen molar-refractivity contribution in [2.24, 2.45) is 0 Å². The fourth-order valence-electron chi connectivity index (χ4n) is 5.92. The minimum atomic E-state index is 0.338. The molecule has 4 nitrogen and oxygen atoms in total. The highest BCUT2D eigenvalue weighted by molar-refractivity contribution is 6.05. The first-order chi connectivity index (χ1) is 20.3. The second-order valence-corrected chi connectivity index (χ2v) is 10.7. The van der Waals surface area contributed by atoms with Crippen molar-refractivity contribution in [2.45, 2.75) is 25.2 Å². The molecule has 0 fully saturated rings. The predicted molar refractivity (Wildman–Crippen MR) is 166 cm³/mol. The van der Waals surface area contributed by atoms with Crippen molar-refractivity contribution in [3.8, 4) is 22.8 Å². The summed E-state index contributed by atoms with van der Waals surface area (Å²) in [5.74, 6) is 2.31. The number of nitrogens with zero attached hydrogens (tertiary/aromatic N) is 3. The number of allylic oxidation sites excluding steroid dienone is 5. The Labute approximate surface area is 238 Å². The van der Waals surface area contributed by atoms with E-state index in [1.165, 1.54) is 16.7 Å². The highest BCUT2D eigenvalue weighted by Crippen LogP contribution is 2.34. The molecule has 196 valence electrons. The fourth-order valence-corrected chi connectivity index (χ4v) is 5.92. The van der Waals surface area contributed by atoms with Crippen molar-refractivity contribution in [1.82, 2.24) is 15.0 Å². The van der Waals surface area contributed by atoms with Gasteiger partial charge < -0.3 is 4.42 Å². The average Bonchev–Trinajstić information content (AvgIpc) is 3.43. The quantitative estimate of drug-likeness (QED) is 0.228. The van der Waals surface area contributed by atoms with Gasteiger partial charge in [-0.05, 0) is 54.2 Å². The molecule has 2 aliphatic rings. The molecule has 2 aromatic heterocycles. The van der Waals surface area contributed by atoms with Crippen molar-refractivity contribution in [2.75, 3.05) is 0 Å². The van der Waals surface area contributed by atoms with Crippen LogP contribution >= 0.6 is 0 Å². The molecule has 6 aromatic rings. The number of hydrogen-bond acceptors (Lipinski definition) is 4. The standard InChI is InChI=1S/C37H27N3O/c1-2-9-26(10-3-1)35-38-36(27-17-14-25(15-18-27)29-19-16-24-8-4-5-11-28(24)22-29)40-37(39-35)30-20-21-32-31-12-6-7-13-33(31)41-34(32)23-30/h1-3,5-7,9-14,16-23,25H,4,8,15H2. The Bertz CT molecular complexity index is 2030. The summed E-state index contributed by atoms with van der Waals surface area (Å²) in [4.78, 5) is 14.8. The number of aromatic nitrogens is 3. The van der Waals surface area contributed by atoms with Gasteiger partial charge in [0, 0.05) is 33.4 Å². The molecule has 4 heteroatoms. The lowest BCUT2D eigenvalue weighted by atomic mass is 9.86. The van der Waals surface area contributed by atoms with Crippen LogP contribution in [0.3, 0.4) is 0 Å². The first-order valence-electron chi connectivity index (χ1n) is 14.2. The highest BCUT2D eigenvalue weighted by atomic mass is 16.3. The number of furan rings is 1. The summed E-state index contributed by atoms with van der Waals surface area (Å²) in [6, 6.07) is 31.4. The zero-order valence-electron chi connectivity index (χ0n) is 22.5. The Balaban J connectivity index is 1.17. The second kappa shape index (κ2) is 9.83. The van der Waals surface area contributed by atoms with Crippen molar-refractivity contribution in [1.29, 1.82) is 0 Å².